The zero-order chi connectivity index (χ0) is 13.2. The average Bonchev–Trinajstić information content (AvgIpc) is 2.28. The van der Waals surface area contributed by atoms with Gasteiger partial charge in [0.15, 0.2) is 9.84 Å². The summed E-state index contributed by atoms with van der Waals surface area (Å²) in [5.74, 6) is -0.0756. The van der Waals surface area contributed by atoms with Gasteiger partial charge in [0.1, 0.15) is 0 Å². The monoisotopic (exact) mass is 268 g/mol. The van der Waals surface area contributed by atoms with Gasteiger partial charge in [0.25, 0.3) is 5.91 Å². The molecule has 1 atom stereocenters. The van der Waals surface area contributed by atoms with Crippen LogP contribution >= 0.6 is 0 Å². The van der Waals surface area contributed by atoms with Crippen molar-refractivity contribution in [2.45, 2.75) is 18.9 Å². The number of hydrogen-bond acceptors (Lipinski definition) is 4. The predicted molar refractivity (Wildman–Crippen MR) is 70.0 cm³/mol. The number of benzene rings is 1. The van der Waals surface area contributed by atoms with E-state index in [0.717, 1.165) is 0 Å². The van der Waals surface area contributed by atoms with Crippen molar-refractivity contribution in [3.8, 4) is 0 Å². The van der Waals surface area contributed by atoms with Crippen LogP contribution < -0.4 is 11.1 Å². The number of nitrogen functional groups attached to an aromatic ring is 1. The summed E-state index contributed by atoms with van der Waals surface area (Å²) in [6.07, 6.45) is 1.29. The number of amides is 1. The van der Waals surface area contributed by atoms with E-state index in [4.69, 9.17) is 5.73 Å². The lowest BCUT2D eigenvalue weighted by Crippen LogP contribution is -2.43. The molecule has 2 rings (SSSR count). The molecular weight excluding hydrogens is 252 g/mol. The van der Waals surface area contributed by atoms with Crippen molar-refractivity contribution in [1.82, 2.24) is 5.32 Å². The maximum atomic E-state index is 12.0. The van der Waals surface area contributed by atoms with Gasteiger partial charge in [0.2, 0.25) is 0 Å². The third-order valence-electron chi connectivity index (χ3n) is 3.00. The number of carbonyl (C=O) groups excluding carboxylic acids is 1. The van der Waals surface area contributed by atoms with Crippen LogP contribution in [0.3, 0.4) is 0 Å². The number of carbonyl (C=O) groups is 1. The first-order chi connectivity index (χ1) is 8.48. The highest BCUT2D eigenvalue weighted by molar-refractivity contribution is 7.91. The zero-order valence-corrected chi connectivity index (χ0v) is 10.7. The highest BCUT2D eigenvalue weighted by Crippen LogP contribution is 2.14. The van der Waals surface area contributed by atoms with E-state index in [1.807, 2.05) is 0 Å². The summed E-state index contributed by atoms with van der Waals surface area (Å²) in [7, 11) is -3.02. The fourth-order valence-electron chi connectivity index (χ4n) is 2.10. The minimum Gasteiger partial charge on any atom is -0.398 e. The molecule has 0 radical (unpaired) electrons. The molecule has 1 saturated heterocycles. The van der Waals surface area contributed by atoms with E-state index in [-0.39, 0.29) is 23.5 Å². The van der Waals surface area contributed by atoms with E-state index < -0.39 is 9.84 Å². The summed E-state index contributed by atoms with van der Waals surface area (Å²) in [5, 5.41) is 2.73. The Labute approximate surface area is 106 Å². The molecule has 0 bridgehead atoms. The van der Waals surface area contributed by atoms with E-state index in [0.29, 0.717) is 24.1 Å². The third-order valence-corrected chi connectivity index (χ3v) is 4.82. The molecule has 0 saturated carbocycles. The first-order valence-electron chi connectivity index (χ1n) is 5.84. The number of nitrogens with one attached hydrogen (secondary N) is 1. The molecule has 1 unspecified atom stereocenters. The van der Waals surface area contributed by atoms with Gasteiger partial charge in [0.05, 0.1) is 17.1 Å². The summed E-state index contributed by atoms with van der Waals surface area (Å²) in [6.45, 7) is 0. The Morgan fingerprint density at radius 1 is 1.33 bits per heavy atom. The molecule has 0 aliphatic carbocycles. The summed E-state index contributed by atoms with van der Waals surface area (Å²) in [6, 6.07) is 6.44. The van der Waals surface area contributed by atoms with E-state index in [2.05, 4.69) is 5.32 Å². The molecule has 18 heavy (non-hydrogen) atoms. The number of rotatable bonds is 2. The van der Waals surface area contributed by atoms with E-state index in [1.165, 1.54) is 0 Å². The molecule has 3 N–H and O–H groups in total. The Hall–Kier alpha value is -1.56. The van der Waals surface area contributed by atoms with Gasteiger partial charge in [-0.05, 0) is 25.0 Å². The Morgan fingerprint density at radius 2 is 2.06 bits per heavy atom. The topological polar surface area (TPSA) is 89.3 Å². The molecule has 1 aromatic rings. The molecule has 1 aliphatic heterocycles. The Morgan fingerprint density at radius 3 is 2.72 bits per heavy atom. The second kappa shape index (κ2) is 4.97. The van der Waals surface area contributed by atoms with Gasteiger partial charge in [-0.1, -0.05) is 12.1 Å². The van der Waals surface area contributed by atoms with Crippen molar-refractivity contribution in [3.63, 3.8) is 0 Å². The SMILES string of the molecule is Nc1ccccc1C(=O)NC1CCCS(=O)(=O)C1. The summed E-state index contributed by atoms with van der Waals surface area (Å²) < 4.78 is 22.9. The first-order valence-corrected chi connectivity index (χ1v) is 7.66. The van der Waals surface area contributed by atoms with Gasteiger partial charge < -0.3 is 11.1 Å². The molecule has 0 spiro atoms. The van der Waals surface area contributed by atoms with Crippen LogP contribution in [0, 0.1) is 0 Å². The highest BCUT2D eigenvalue weighted by Gasteiger charge is 2.26. The molecule has 1 aromatic carbocycles. The summed E-state index contributed by atoms with van der Waals surface area (Å²) in [5.41, 5.74) is 6.49. The van der Waals surface area contributed by atoms with Crippen LogP contribution in [0.1, 0.15) is 23.2 Å². The summed E-state index contributed by atoms with van der Waals surface area (Å²) >= 11 is 0. The van der Waals surface area contributed by atoms with Gasteiger partial charge in [0, 0.05) is 11.7 Å². The second-order valence-corrected chi connectivity index (χ2v) is 6.74. The normalized spacial score (nSPS) is 22.3. The molecular formula is C12H16N2O3S. The summed E-state index contributed by atoms with van der Waals surface area (Å²) in [4.78, 5) is 12.0. The zero-order valence-electron chi connectivity index (χ0n) is 9.93. The molecule has 1 heterocycles. The molecule has 6 heteroatoms. The lowest BCUT2D eigenvalue weighted by molar-refractivity contribution is 0.0939. The van der Waals surface area contributed by atoms with Crippen LogP contribution in [-0.2, 0) is 9.84 Å². The van der Waals surface area contributed by atoms with Crippen LogP contribution in [0.5, 0.6) is 0 Å². The molecule has 5 nitrogen and oxygen atoms in total. The van der Waals surface area contributed by atoms with E-state index in [1.54, 1.807) is 24.3 Å². The minimum atomic E-state index is -3.02. The first kappa shape index (κ1) is 12.9. The molecule has 1 amide bonds. The van der Waals surface area contributed by atoms with Crippen molar-refractivity contribution < 1.29 is 13.2 Å². The Kier molecular flexibility index (Phi) is 3.56. The van der Waals surface area contributed by atoms with Crippen LogP contribution in [0.4, 0.5) is 5.69 Å². The van der Waals surface area contributed by atoms with Crippen molar-refractivity contribution >= 4 is 21.4 Å². The number of hydrogen-bond donors (Lipinski definition) is 2. The maximum absolute atomic E-state index is 12.0. The van der Waals surface area contributed by atoms with Gasteiger partial charge in [-0.15, -0.1) is 0 Å². The van der Waals surface area contributed by atoms with Gasteiger partial charge in [-0.2, -0.15) is 0 Å². The average molecular weight is 268 g/mol. The van der Waals surface area contributed by atoms with Crippen LogP contribution in [-0.4, -0.2) is 31.9 Å². The van der Waals surface area contributed by atoms with E-state index >= 15 is 0 Å². The van der Waals surface area contributed by atoms with Crippen molar-refractivity contribution in [2.24, 2.45) is 0 Å². The highest BCUT2D eigenvalue weighted by atomic mass is 32.2. The smallest absolute Gasteiger partial charge is 0.253 e. The lowest BCUT2D eigenvalue weighted by atomic mass is 10.1. The Bertz CT molecular complexity index is 554. The number of nitrogens with two attached hydrogens (primary N) is 1. The second-order valence-electron chi connectivity index (χ2n) is 4.51. The van der Waals surface area contributed by atoms with Crippen LogP contribution in [0.25, 0.3) is 0 Å². The standard InChI is InChI=1S/C12H16N2O3S/c13-11-6-2-1-5-10(11)12(15)14-9-4-3-7-18(16,17)8-9/h1-2,5-6,9H,3-4,7-8,13H2,(H,14,15). The minimum absolute atomic E-state index is 0.0193. The fraction of sp³-hybridized carbons (Fsp3) is 0.417. The van der Waals surface area contributed by atoms with Gasteiger partial charge >= 0.3 is 0 Å². The van der Waals surface area contributed by atoms with Crippen molar-refractivity contribution in [2.75, 3.05) is 17.2 Å². The Balaban J connectivity index is 2.06. The number of anilines is 1. The molecule has 1 fully saturated rings. The van der Waals surface area contributed by atoms with Gasteiger partial charge in [-0.25, -0.2) is 8.42 Å². The molecule has 1 aliphatic rings. The molecule has 98 valence electrons. The van der Waals surface area contributed by atoms with Gasteiger partial charge in [-0.3, -0.25) is 4.79 Å². The fourth-order valence-corrected chi connectivity index (χ4v) is 3.74. The predicted octanol–water partition coefficient (Wildman–Crippen LogP) is 0.576. The van der Waals surface area contributed by atoms with Crippen molar-refractivity contribution in [3.05, 3.63) is 29.8 Å². The number of para-hydroxylation sites is 1. The largest absolute Gasteiger partial charge is 0.398 e. The third kappa shape index (κ3) is 3.01. The maximum Gasteiger partial charge on any atom is 0.253 e. The lowest BCUT2D eigenvalue weighted by Gasteiger charge is -2.23. The number of sulfone groups is 1. The van der Waals surface area contributed by atoms with Crippen molar-refractivity contribution in [1.29, 1.82) is 0 Å². The molecule has 0 aromatic heterocycles. The quantitative estimate of drug-likeness (QED) is 0.768. The van der Waals surface area contributed by atoms with Crippen LogP contribution in [0.15, 0.2) is 24.3 Å². The van der Waals surface area contributed by atoms with E-state index in [9.17, 15) is 13.2 Å². The van der Waals surface area contributed by atoms with Crippen LogP contribution in [0.2, 0.25) is 0 Å².